The molecule has 98 valence electrons. The van der Waals surface area contributed by atoms with Crippen LogP contribution in [0.3, 0.4) is 0 Å². The number of furan rings is 1. The molecule has 0 aliphatic carbocycles. The van der Waals surface area contributed by atoms with Crippen molar-refractivity contribution in [3.05, 3.63) is 53.3 Å². The molecular formula is C14H13NO4. The van der Waals surface area contributed by atoms with Gasteiger partial charge in [0.25, 0.3) is 5.91 Å². The highest BCUT2D eigenvalue weighted by Crippen LogP contribution is 2.19. The molecule has 0 atom stereocenters. The molecule has 0 saturated heterocycles. The van der Waals surface area contributed by atoms with E-state index in [-0.39, 0.29) is 11.5 Å². The maximum atomic E-state index is 12.2. The fourth-order valence-corrected chi connectivity index (χ4v) is 1.68. The predicted molar refractivity (Wildman–Crippen MR) is 69.6 cm³/mol. The molecule has 0 unspecified atom stereocenters. The number of carboxylic acids is 1. The van der Waals surface area contributed by atoms with Gasteiger partial charge in [-0.15, -0.1) is 0 Å². The van der Waals surface area contributed by atoms with Gasteiger partial charge in [-0.05, 0) is 31.2 Å². The first kappa shape index (κ1) is 12.9. The molecule has 0 aliphatic rings. The quantitative estimate of drug-likeness (QED) is 0.919. The van der Waals surface area contributed by atoms with Crippen molar-refractivity contribution in [2.45, 2.75) is 6.92 Å². The molecule has 0 bridgehead atoms. The number of hydrogen-bond acceptors (Lipinski definition) is 3. The topological polar surface area (TPSA) is 70.8 Å². The van der Waals surface area contributed by atoms with Crippen molar-refractivity contribution in [2.24, 2.45) is 0 Å². The van der Waals surface area contributed by atoms with Gasteiger partial charge in [-0.25, -0.2) is 4.79 Å². The van der Waals surface area contributed by atoms with E-state index in [2.05, 4.69) is 0 Å². The van der Waals surface area contributed by atoms with Gasteiger partial charge in [-0.3, -0.25) is 9.69 Å². The number of carbonyl (C=O) groups is 2. The average molecular weight is 259 g/mol. The second-order valence-corrected chi connectivity index (χ2v) is 4.13. The lowest BCUT2D eigenvalue weighted by molar-refractivity contribution is 0.0697. The van der Waals surface area contributed by atoms with Crippen LogP contribution in [0.25, 0.3) is 0 Å². The van der Waals surface area contributed by atoms with Gasteiger partial charge in [0.1, 0.15) is 5.76 Å². The van der Waals surface area contributed by atoms with Crippen molar-refractivity contribution in [2.75, 3.05) is 11.9 Å². The van der Waals surface area contributed by atoms with Gasteiger partial charge in [-0.2, -0.15) is 0 Å². The molecular weight excluding hydrogens is 246 g/mol. The first-order valence-corrected chi connectivity index (χ1v) is 5.67. The van der Waals surface area contributed by atoms with E-state index in [0.29, 0.717) is 17.2 Å². The van der Waals surface area contributed by atoms with Crippen LogP contribution in [0, 0.1) is 6.92 Å². The van der Waals surface area contributed by atoms with Gasteiger partial charge < -0.3 is 9.52 Å². The van der Waals surface area contributed by atoms with Gasteiger partial charge in [0.05, 0.1) is 5.56 Å². The Balaban J connectivity index is 2.29. The van der Waals surface area contributed by atoms with Crippen molar-refractivity contribution in [3.8, 4) is 0 Å². The zero-order valence-electron chi connectivity index (χ0n) is 10.6. The van der Waals surface area contributed by atoms with Crippen molar-refractivity contribution in [1.82, 2.24) is 0 Å². The van der Waals surface area contributed by atoms with Crippen LogP contribution in [0.4, 0.5) is 5.88 Å². The molecule has 5 nitrogen and oxygen atoms in total. The number of benzene rings is 1. The van der Waals surface area contributed by atoms with Crippen LogP contribution in [-0.2, 0) is 0 Å². The maximum Gasteiger partial charge on any atom is 0.335 e. The number of rotatable bonds is 3. The molecule has 1 heterocycles. The summed E-state index contributed by atoms with van der Waals surface area (Å²) < 4.78 is 5.35. The molecule has 1 aromatic heterocycles. The summed E-state index contributed by atoms with van der Waals surface area (Å²) in [5.41, 5.74) is 0.381. The van der Waals surface area contributed by atoms with Crippen LogP contribution < -0.4 is 4.90 Å². The number of aryl methyl sites for hydroxylation is 1. The fraction of sp³-hybridized carbons (Fsp3) is 0.143. The Bertz CT molecular complexity index is 630. The van der Waals surface area contributed by atoms with Crippen LogP contribution in [0.15, 0.2) is 40.8 Å². The van der Waals surface area contributed by atoms with Crippen LogP contribution in [-0.4, -0.2) is 24.0 Å². The lowest BCUT2D eigenvalue weighted by atomic mass is 10.1. The van der Waals surface area contributed by atoms with Crippen LogP contribution in [0.5, 0.6) is 0 Å². The molecule has 2 aromatic rings. The summed E-state index contributed by atoms with van der Waals surface area (Å²) in [5, 5.41) is 8.91. The summed E-state index contributed by atoms with van der Waals surface area (Å²) in [6.45, 7) is 1.78. The Morgan fingerprint density at radius 3 is 2.42 bits per heavy atom. The molecule has 0 saturated carbocycles. The number of carbonyl (C=O) groups excluding carboxylic acids is 1. The number of nitrogens with zero attached hydrogens (tertiary/aromatic N) is 1. The standard InChI is InChI=1S/C14H13NO4/c1-9-6-7-12(19-9)15(2)13(16)10-4-3-5-11(8-10)14(17)18/h3-8H,1-2H3,(H,17,18). The summed E-state index contributed by atoms with van der Waals surface area (Å²) in [5.74, 6) is -0.263. The van der Waals surface area contributed by atoms with E-state index in [1.165, 1.54) is 23.1 Å². The maximum absolute atomic E-state index is 12.2. The second-order valence-electron chi connectivity index (χ2n) is 4.13. The van der Waals surface area contributed by atoms with E-state index in [1.54, 1.807) is 32.2 Å². The molecule has 19 heavy (non-hydrogen) atoms. The zero-order chi connectivity index (χ0) is 14.0. The lowest BCUT2D eigenvalue weighted by Gasteiger charge is -2.14. The lowest BCUT2D eigenvalue weighted by Crippen LogP contribution is -2.25. The molecule has 0 fully saturated rings. The third-order valence-corrected chi connectivity index (χ3v) is 2.72. The number of anilines is 1. The smallest absolute Gasteiger partial charge is 0.335 e. The van der Waals surface area contributed by atoms with Gasteiger partial charge in [-0.1, -0.05) is 6.07 Å². The first-order chi connectivity index (χ1) is 8.99. The molecule has 0 radical (unpaired) electrons. The third-order valence-electron chi connectivity index (χ3n) is 2.72. The Kier molecular flexibility index (Phi) is 3.37. The summed E-state index contributed by atoms with van der Waals surface area (Å²) >= 11 is 0. The molecule has 1 aromatic carbocycles. The van der Waals surface area contributed by atoms with Gasteiger partial charge >= 0.3 is 5.97 Å². The molecule has 2 rings (SSSR count). The average Bonchev–Trinajstić information content (AvgIpc) is 2.84. The van der Waals surface area contributed by atoms with Gasteiger partial charge in [0.2, 0.25) is 5.88 Å². The zero-order valence-corrected chi connectivity index (χ0v) is 10.6. The Morgan fingerprint density at radius 1 is 1.16 bits per heavy atom. The van der Waals surface area contributed by atoms with Crippen molar-refractivity contribution < 1.29 is 19.1 Å². The van der Waals surface area contributed by atoms with E-state index >= 15 is 0 Å². The number of amides is 1. The van der Waals surface area contributed by atoms with Gasteiger partial charge in [0.15, 0.2) is 0 Å². The first-order valence-electron chi connectivity index (χ1n) is 5.67. The van der Waals surface area contributed by atoms with E-state index in [9.17, 15) is 9.59 Å². The third kappa shape index (κ3) is 2.65. The van der Waals surface area contributed by atoms with Crippen molar-refractivity contribution >= 4 is 17.8 Å². The molecule has 0 aliphatic heterocycles. The summed E-state index contributed by atoms with van der Waals surface area (Å²) in [6.07, 6.45) is 0. The van der Waals surface area contributed by atoms with Crippen molar-refractivity contribution in [3.63, 3.8) is 0 Å². The minimum atomic E-state index is -1.06. The molecule has 1 N–H and O–H groups in total. The monoisotopic (exact) mass is 259 g/mol. The number of carboxylic acid groups (broad SMARTS) is 1. The highest BCUT2D eigenvalue weighted by molar-refractivity contribution is 6.06. The van der Waals surface area contributed by atoms with E-state index in [1.807, 2.05) is 0 Å². The molecule has 0 spiro atoms. The largest absolute Gasteiger partial charge is 0.478 e. The van der Waals surface area contributed by atoms with Gasteiger partial charge in [0, 0.05) is 18.7 Å². The molecule has 5 heteroatoms. The fourth-order valence-electron chi connectivity index (χ4n) is 1.68. The van der Waals surface area contributed by atoms with E-state index in [0.717, 1.165) is 0 Å². The van der Waals surface area contributed by atoms with E-state index in [4.69, 9.17) is 9.52 Å². The SMILES string of the molecule is Cc1ccc(N(C)C(=O)c2cccc(C(=O)O)c2)o1. The Hall–Kier alpha value is -2.56. The highest BCUT2D eigenvalue weighted by Gasteiger charge is 2.17. The summed E-state index contributed by atoms with van der Waals surface area (Å²) in [6, 6.07) is 9.34. The minimum Gasteiger partial charge on any atom is -0.478 e. The van der Waals surface area contributed by atoms with Crippen LogP contribution in [0.1, 0.15) is 26.5 Å². The minimum absolute atomic E-state index is 0.0786. The highest BCUT2D eigenvalue weighted by atomic mass is 16.4. The van der Waals surface area contributed by atoms with E-state index < -0.39 is 5.97 Å². The van der Waals surface area contributed by atoms with Crippen molar-refractivity contribution in [1.29, 1.82) is 0 Å². The number of hydrogen-bond donors (Lipinski definition) is 1. The van der Waals surface area contributed by atoms with Crippen LogP contribution in [0.2, 0.25) is 0 Å². The second kappa shape index (κ2) is 4.97. The Morgan fingerprint density at radius 2 is 1.84 bits per heavy atom. The normalized spacial score (nSPS) is 10.2. The predicted octanol–water partition coefficient (Wildman–Crippen LogP) is 2.56. The summed E-state index contributed by atoms with van der Waals surface area (Å²) in [4.78, 5) is 24.4. The van der Waals surface area contributed by atoms with Crippen LogP contribution >= 0.6 is 0 Å². The summed E-state index contributed by atoms with van der Waals surface area (Å²) in [7, 11) is 1.58. The number of aromatic carboxylic acids is 1. The molecule has 1 amide bonds. The Labute approximate surface area is 110 Å².